The van der Waals surface area contributed by atoms with Gasteiger partial charge < -0.3 is 11.2 Å². The molecule has 1 aliphatic rings. The van der Waals surface area contributed by atoms with Crippen molar-refractivity contribution in [2.45, 2.75) is 44.3 Å². The first kappa shape index (κ1) is 17.7. The van der Waals surface area contributed by atoms with Crippen LogP contribution < -0.4 is 11.2 Å². The third-order valence-corrected chi connectivity index (χ3v) is 5.91. The molecule has 1 amide bonds. The molecule has 2 aromatic heterocycles. The van der Waals surface area contributed by atoms with E-state index in [-0.39, 0.29) is 17.7 Å². The fourth-order valence-corrected chi connectivity index (χ4v) is 3.90. The van der Waals surface area contributed by atoms with Gasteiger partial charge in [-0.1, -0.05) is 38.5 Å². The Labute approximate surface area is 151 Å². The molecule has 0 radical (unpaired) electrons. The summed E-state index contributed by atoms with van der Waals surface area (Å²) in [5.74, 6) is 8.05. The minimum Gasteiger partial charge on any atom is -0.352 e. The Kier molecular flexibility index (Phi) is 5.57. The lowest BCUT2D eigenvalue weighted by atomic mass is 9.78. The molecule has 2 heterocycles. The molecule has 25 heavy (non-hydrogen) atoms. The molecule has 1 saturated carbocycles. The monoisotopic (exact) mass is 360 g/mol. The van der Waals surface area contributed by atoms with E-state index in [9.17, 15) is 4.79 Å². The van der Waals surface area contributed by atoms with Crippen LogP contribution in [0.3, 0.4) is 0 Å². The Balaban J connectivity index is 1.57. The highest BCUT2D eigenvalue weighted by Gasteiger charge is 2.28. The number of pyridine rings is 1. The SMILES string of the molecule is C[C@H]1[C@H](C)CCC[C@H]1NC(=O)CSc1nnc(-c2cccnc2)n1N. The first-order chi connectivity index (χ1) is 12.1. The van der Waals surface area contributed by atoms with Crippen molar-refractivity contribution in [3.8, 4) is 11.4 Å². The van der Waals surface area contributed by atoms with E-state index in [0.29, 0.717) is 22.8 Å². The van der Waals surface area contributed by atoms with E-state index in [1.54, 1.807) is 12.4 Å². The molecule has 1 aliphatic carbocycles. The van der Waals surface area contributed by atoms with Crippen LogP contribution in [0, 0.1) is 11.8 Å². The molecular formula is C17H24N6OS. The number of thioether (sulfide) groups is 1. The van der Waals surface area contributed by atoms with Gasteiger partial charge in [0.25, 0.3) is 0 Å². The quantitative estimate of drug-likeness (QED) is 0.626. The van der Waals surface area contributed by atoms with Gasteiger partial charge in [-0.05, 0) is 30.4 Å². The predicted molar refractivity (Wildman–Crippen MR) is 98.2 cm³/mol. The molecule has 0 saturated heterocycles. The van der Waals surface area contributed by atoms with Gasteiger partial charge in [-0.15, -0.1) is 10.2 Å². The number of amides is 1. The lowest BCUT2D eigenvalue weighted by Gasteiger charge is -2.34. The average Bonchev–Trinajstić information content (AvgIpc) is 2.99. The van der Waals surface area contributed by atoms with Gasteiger partial charge in [0.2, 0.25) is 11.1 Å². The Morgan fingerprint density at radius 2 is 2.24 bits per heavy atom. The maximum absolute atomic E-state index is 12.3. The standard InChI is InChI=1S/C17H24N6OS/c1-11-5-3-7-14(12(11)2)20-15(24)10-25-17-22-21-16(23(17)18)13-6-4-8-19-9-13/h4,6,8-9,11-12,14H,3,5,7,10,18H2,1-2H3,(H,20,24)/t11-,12+,14-/m1/s1. The van der Waals surface area contributed by atoms with E-state index in [1.807, 2.05) is 12.1 Å². The number of nitrogens with one attached hydrogen (secondary N) is 1. The minimum absolute atomic E-state index is 0.0156. The molecule has 3 rings (SSSR count). The lowest BCUT2D eigenvalue weighted by Crippen LogP contribution is -2.44. The topological polar surface area (TPSA) is 98.7 Å². The van der Waals surface area contributed by atoms with Crippen LogP contribution in [0.15, 0.2) is 29.7 Å². The zero-order chi connectivity index (χ0) is 17.8. The normalized spacial score (nSPS) is 23.4. The summed E-state index contributed by atoms with van der Waals surface area (Å²) in [6, 6.07) is 3.95. The van der Waals surface area contributed by atoms with Crippen molar-refractivity contribution in [1.82, 2.24) is 25.2 Å². The molecule has 0 unspecified atom stereocenters. The molecule has 3 N–H and O–H groups in total. The summed E-state index contributed by atoms with van der Waals surface area (Å²) in [6.07, 6.45) is 6.85. The van der Waals surface area contributed by atoms with Gasteiger partial charge in [-0.2, -0.15) is 0 Å². The Hall–Kier alpha value is -2.09. The summed E-state index contributed by atoms with van der Waals surface area (Å²) in [5.41, 5.74) is 0.791. The van der Waals surface area contributed by atoms with Crippen molar-refractivity contribution in [3.63, 3.8) is 0 Å². The maximum Gasteiger partial charge on any atom is 0.230 e. The number of aromatic nitrogens is 4. The van der Waals surface area contributed by atoms with Gasteiger partial charge in [0, 0.05) is 24.0 Å². The minimum atomic E-state index is 0.0156. The van der Waals surface area contributed by atoms with E-state index in [1.165, 1.54) is 29.3 Å². The van der Waals surface area contributed by atoms with Crippen LogP contribution in [0.2, 0.25) is 0 Å². The van der Waals surface area contributed by atoms with Crippen LogP contribution in [-0.2, 0) is 4.79 Å². The first-order valence-corrected chi connectivity index (χ1v) is 9.58. The predicted octanol–water partition coefficient (Wildman–Crippen LogP) is 2.09. The molecule has 2 aromatic rings. The van der Waals surface area contributed by atoms with Crippen molar-refractivity contribution < 1.29 is 4.79 Å². The van der Waals surface area contributed by atoms with Crippen molar-refractivity contribution >= 4 is 17.7 Å². The van der Waals surface area contributed by atoms with Crippen molar-refractivity contribution in [1.29, 1.82) is 0 Å². The van der Waals surface area contributed by atoms with E-state index >= 15 is 0 Å². The lowest BCUT2D eigenvalue weighted by molar-refractivity contribution is -0.120. The summed E-state index contributed by atoms with van der Waals surface area (Å²) in [6.45, 7) is 4.48. The van der Waals surface area contributed by atoms with Gasteiger partial charge in [-0.3, -0.25) is 9.78 Å². The second-order valence-electron chi connectivity index (χ2n) is 6.65. The molecular weight excluding hydrogens is 336 g/mol. The number of carbonyl (C=O) groups excluding carboxylic acids is 1. The van der Waals surface area contributed by atoms with Crippen LogP contribution >= 0.6 is 11.8 Å². The van der Waals surface area contributed by atoms with E-state index < -0.39 is 0 Å². The maximum atomic E-state index is 12.3. The molecule has 3 atom stereocenters. The fraction of sp³-hybridized carbons (Fsp3) is 0.529. The molecule has 134 valence electrons. The van der Waals surface area contributed by atoms with Crippen molar-refractivity contribution in [2.24, 2.45) is 11.8 Å². The highest BCUT2D eigenvalue weighted by Crippen LogP contribution is 2.29. The fourth-order valence-electron chi connectivity index (χ4n) is 3.23. The van der Waals surface area contributed by atoms with E-state index in [2.05, 4.69) is 34.3 Å². The van der Waals surface area contributed by atoms with Gasteiger partial charge in [0.15, 0.2) is 5.82 Å². The third kappa shape index (κ3) is 4.12. The van der Waals surface area contributed by atoms with Gasteiger partial charge in [-0.25, -0.2) is 4.68 Å². The first-order valence-electron chi connectivity index (χ1n) is 8.59. The largest absolute Gasteiger partial charge is 0.352 e. The number of rotatable bonds is 5. The average molecular weight is 360 g/mol. The van der Waals surface area contributed by atoms with Crippen molar-refractivity contribution in [2.75, 3.05) is 11.6 Å². The van der Waals surface area contributed by atoms with Gasteiger partial charge in [0.05, 0.1) is 5.75 Å². The van der Waals surface area contributed by atoms with Crippen molar-refractivity contribution in [3.05, 3.63) is 24.5 Å². The molecule has 7 nitrogen and oxygen atoms in total. The number of hydrogen-bond donors (Lipinski definition) is 2. The molecule has 0 bridgehead atoms. The summed E-state index contributed by atoms with van der Waals surface area (Å²) in [5, 5.41) is 11.9. The van der Waals surface area contributed by atoms with Crippen LogP contribution in [0.4, 0.5) is 0 Å². The number of nitrogen functional groups attached to an aromatic ring is 1. The highest BCUT2D eigenvalue weighted by molar-refractivity contribution is 7.99. The highest BCUT2D eigenvalue weighted by atomic mass is 32.2. The number of carbonyl (C=O) groups is 1. The van der Waals surface area contributed by atoms with Crippen LogP contribution in [0.25, 0.3) is 11.4 Å². The Bertz CT molecular complexity index is 719. The zero-order valence-corrected chi connectivity index (χ0v) is 15.4. The van der Waals surface area contributed by atoms with Crippen LogP contribution in [0.5, 0.6) is 0 Å². The second-order valence-corrected chi connectivity index (χ2v) is 7.59. The summed E-state index contributed by atoms with van der Waals surface area (Å²) in [4.78, 5) is 16.3. The summed E-state index contributed by atoms with van der Waals surface area (Å²) >= 11 is 1.29. The molecule has 0 aliphatic heterocycles. The summed E-state index contributed by atoms with van der Waals surface area (Å²) in [7, 11) is 0. The Morgan fingerprint density at radius 3 is 3.00 bits per heavy atom. The van der Waals surface area contributed by atoms with Crippen LogP contribution in [0.1, 0.15) is 33.1 Å². The van der Waals surface area contributed by atoms with Crippen LogP contribution in [-0.4, -0.2) is 37.6 Å². The molecule has 0 spiro atoms. The summed E-state index contributed by atoms with van der Waals surface area (Å²) < 4.78 is 1.40. The van der Waals surface area contributed by atoms with Gasteiger partial charge in [0.1, 0.15) is 0 Å². The zero-order valence-electron chi connectivity index (χ0n) is 14.6. The number of nitrogens with zero attached hydrogens (tertiary/aromatic N) is 4. The molecule has 1 fully saturated rings. The molecule has 8 heteroatoms. The number of nitrogens with two attached hydrogens (primary N) is 1. The van der Waals surface area contributed by atoms with E-state index in [0.717, 1.165) is 12.0 Å². The number of hydrogen-bond acceptors (Lipinski definition) is 6. The Morgan fingerprint density at radius 1 is 1.40 bits per heavy atom. The second kappa shape index (κ2) is 7.86. The van der Waals surface area contributed by atoms with Gasteiger partial charge >= 0.3 is 0 Å². The molecule has 0 aromatic carbocycles. The van der Waals surface area contributed by atoms with E-state index in [4.69, 9.17) is 5.84 Å². The third-order valence-electron chi connectivity index (χ3n) is 4.97. The smallest absolute Gasteiger partial charge is 0.230 e.